The van der Waals surface area contributed by atoms with Crippen molar-refractivity contribution in [2.45, 2.75) is 32.4 Å². The Morgan fingerprint density at radius 3 is 2.33 bits per heavy atom. The van der Waals surface area contributed by atoms with Crippen LogP contribution in [0.25, 0.3) is 0 Å². The number of carbonyl (C=O) groups excluding carboxylic acids is 1. The van der Waals surface area contributed by atoms with Crippen molar-refractivity contribution >= 4 is 35.5 Å². The molecule has 1 fully saturated rings. The molecule has 1 heterocycles. The normalized spacial score (nSPS) is 12.8. The van der Waals surface area contributed by atoms with Crippen molar-refractivity contribution in [3.8, 4) is 0 Å². The number of carbonyl (C=O) groups is 1. The maximum absolute atomic E-state index is 14.2. The Morgan fingerprint density at radius 2 is 1.70 bits per heavy atom. The Hall–Kier alpha value is -3.59. The molecule has 174 valence electrons. The third-order valence-corrected chi connectivity index (χ3v) is 5.50. The zero-order valence-corrected chi connectivity index (χ0v) is 18.6. The van der Waals surface area contributed by atoms with Gasteiger partial charge in [-0.15, -0.1) is 12.4 Å². The number of nitrogens with two attached hydrogens (primary N) is 2. The fraction of sp³-hybridized carbons (Fsp3) is 0.261. The third-order valence-electron chi connectivity index (χ3n) is 5.50. The van der Waals surface area contributed by atoms with Gasteiger partial charge in [0.05, 0.1) is 13.0 Å². The van der Waals surface area contributed by atoms with E-state index in [2.05, 4.69) is 5.32 Å². The van der Waals surface area contributed by atoms with E-state index in [-0.39, 0.29) is 48.4 Å². The molecular weight excluding hydrogens is 449 g/mol. The summed E-state index contributed by atoms with van der Waals surface area (Å²) in [5.41, 5.74) is 11.7. The first-order chi connectivity index (χ1) is 15.3. The molecule has 1 aliphatic rings. The summed E-state index contributed by atoms with van der Waals surface area (Å²) in [6.45, 7) is 0.0686. The summed E-state index contributed by atoms with van der Waals surface area (Å²) in [7, 11) is 0. The number of nitrogens with one attached hydrogen (secondary N) is 1. The minimum atomic E-state index is -0.770. The smallest absolute Gasteiger partial charge is 0.332 e. The van der Waals surface area contributed by atoms with Crippen LogP contribution in [0.5, 0.6) is 0 Å². The fourth-order valence-electron chi connectivity index (χ4n) is 3.51. The molecule has 33 heavy (non-hydrogen) atoms. The van der Waals surface area contributed by atoms with Gasteiger partial charge in [-0.05, 0) is 42.5 Å². The highest BCUT2D eigenvalue weighted by atomic mass is 35.5. The molecule has 10 heteroatoms. The molecule has 0 aliphatic heterocycles. The number of nitrogens with zero attached hydrogens (tertiary/aromatic N) is 2. The topological polar surface area (TPSA) is 125 Å². The first-order valence-corrected chi connectivity index (χ1v) is 10.3. The molecular formula is C23H25ClFN5O3. The highest BCUT2D eigenvalue weighted by molar-refractivity contribution is 5.94. The molecule has 0 atom stereocenters. The van der Waals surface area contributed by atoms with Crippen LogP contribution in [0.4, 0.5) is 21.6 Å². The summed E-state index contributed by atoms with van der Waals surface area (Å²) >= 11 is 0. The molecule has 0 saturated heterocycles. The summed E-state index contributed by atoms with van der Waals surface area (Å²) in [4.78, 5) is 38.8. The van der Waals surface area contributed by atoms with Crippen LogP contribution in [0.3, 0.4) is 0 Å². The lowest BCUT2D eigenvalue weighted by Crippen LogP contribution is -2.43. The van der Waals surface area contributed by atoms with Crippen molar-refractivity contribution in [3.63, 3.8) is 0 Å². The van der Waals surface area contributed by atoms with Crippen LogP contribution >= 0.6 is 12.4 Å². The third kappa shape index (κ3) is 5.43. The molecule has 1 aromatic heterocycles. The lowest BCUT2D eigenvalue weighted by Gasteiger charge is -2.17. The minimum Gasteiger partial charge on any atom is -0.399 e. The van der Waals surface area contributed by atoms with E-state index < -0.39 is 23.0 Å². The molecule has 0 bridgehead atoms. The minimum absolute atomic E-state index is 0. The van der Waals surface area contributed by atoms with Crippen LogP contribution in [-0.2, 0) is 24.3 Å². The van der Waals surface area contributed by atoms with Crippen molar-refractivity contribution < 1.29 is 9.18 Å². The van der Waals surface area contributed by atoms with E-state index in [0.717, 1.165) is 17.4 Å². The van der Waals surface area contributed by atoms with E-state index in [4.69, 9.17) is 11.5 Å². The molecule has 4 rings (SSSR count). The van der Waals surface area contributed by atoms with Crippen LogP contribution in [0.2, 0.25) is 0 Å². The average molecular weight is 474 g/mol. The predicted molar refractivity (Wildman–Crippen MR) is 128 cm³/mol. The number of halogens is 2. The first kappa shape index (κ1) is 24.1. The van der Waals surface area contributed by atoms with Gasteiger partial charge in [-0.2, -0.15) is 0 Å². The quantitative estimate of drug-likeness (QED) is 0.454. The van der Waals surface area contributed by atoms with E-state index in [1.165, 1.54) is 22.8 Å². The number of nitrogen functional groups attached to an aromatic ring is 2. The van der Waals surface area contributed by atoms with Gasteiger partial charge in [0.1, 0.15) is 17.3 Å². The molecule has 2 aromatic carbocycles. The van der Waals surface area contributed by atoms with Crippen molar-refractivity contribution in [1.29, 1.82) is 0 Å². The number of aromatic nitrogens is 2. The van der Waals surface area contributed by atoms with Gasteiger partial charge in [-0.25, -0.2) is 9.18 Å². The highest BCUT2D eigenvalue weighted by Crippen LogP contribution is 2.31. The zero-order valence-electron chi connectivity index (χ0n) is 17.8. The fourth-order valence-corrected chi connectivity index (χ4v) is 3.51. The summed E-state index contributed by atoms with van der Waals surface area (Å²) in [5.74, 6) is -0.805. The van der Waals surface area contributed by atoms with Gasteiger partial charge in [0, 0.05) is 17.8 Å². The molecule has 1 saturated carbocycles. The summed E-state index contributed by atoms with van der Waals surface area (Å²) < 4.78 is 16.4. The van der Waals surface area contributed by atoms with Crippen LogP contribution in [-0.4, -0.2) is 15.0 Å². The molecule has 5 N–H and O–H groups in total. The molecule has 0 radical (unpaired) electrons. The van der Waals surface area contributed by atoms with Gasteiger partial charge in [0.25, 0.3) is 5.56 Å². The van der Waals surface area contributed by atoms with E-state index in [9.17, 15) is 18.8 Å². The number of amides is 1. The predicted octanol–water partition coefficient (Wildman–Crippen LogP) is 2.37. The second-order valence-corrected chi connectivity index (χ2v) is 8.05. The lowest BCUT2D eigenvalue weighted by molar-refractivity contribution is -0.115. The van der Waals surface area contributed by atoms with E-state index in [1.54, 1.807) is 30.3 Å². The number of hydrogen-bond acceptors (Lipinski definition) is 5. The molecule has 1 amide bonds. The standard InChI is InChI=1S/C23H24FN5O3.ClH/c24-18-4-2-1-3-16(18)13-29-22(31)20(21(26)28(23(29)32)12-15-5-6-15)27-19(30)11-14-7-9-17(25)10-8-14;/h1-4,7-10,15H,5-6,11-13,25-26H2,(H,27,30);1H. The summed E-state index contributed by atoms with van der Waals surface area (Å²) in [6.07, 6.45) is 1.91. The van der Waals surface area contributed by atoms with Gasteiger partial charge in [-0.1, -0.05) is 30.3 Å². The second kappa shape index (κ2) is 9.91. The van der Waals surface area contributed by atoms with Gasteiger partial charge in [0.2, 0.25) is 5.91 Å². The van der Waals surface area contributed by atoms with Gasteiger partial charge >= 0.3 is 5.69 Å². The van der Waals surface area contributed by atoms with Crippen molar-refractivity contribution in [1.82, 2.24) is 9.13 Å². The Bertz CT molecular complexity index is 1280. The Morgan fingerprint density at radius 1 is 1.03 bits per heavy atom. The number of rotatable bonds is 7. The maximum atomic E-state index is 14.2. The SMILES string of the molecule is Cl.Nc1ccc(CC(=O)Nc2c(N)n(CC3CC3)c(=O)n(Cc3ccccc3F)c2=O)cc1. The van der Waals surface area contributed by atoms with E-state index in [1.807, 2.05) is 0 Å². The molecule has 0 unspecified atom stereocenters. The van der Waals surface area contributed by atoms with Crippen LogP contribution in [0.15, 0.2) is 58.1 Å². The largest absolute Gasteiger partial charge is 0.399 e. The van der Waals surface area contributed by atoms with E-state index >= 15 is 0 Å². The van der Waals surface area contributed by atoms with Crippen LogP contribution in [0, 0.1) is 11.7 Å². The Balaban J connectivity index is 0.00000306. The average Bonchev–Trinajstić information content (AvgIpc) is 3.59. The Labute approximate surface area is 195 Å². The monoisotopic (exact) mass is 473 g/mol. The first-order valence-electron chi connectivity index (χ1n) is 10.3. The van der Waals surface area contributed by atoms with Crippen LogP contribution < -0.4 is 28.0 Å². The molecule has 3 aromatic rings. The molecule has 8 nitrogen and oxygen atoms in total. The molecule has 1 aliphatic carbocycles. The molecule has 0 spiro atoms. The number of hydrogen-bond donors (Lipinski definition) is 3. The zero-order chi connectivity index (χ0) is 22.8. The lowest BCUT2D eigenvalue weighted by atomic mass is 10.1. The van der Waals surface area contributed by atoms with Crippen LogP contribution in [0.1, 0.15) is 24.0 Å². The van der Waals surface area contributed by atoms with Crippen molar-refractivity contribution in [2.75, 3.05) is 16.8 Å². The number of anilines is 3. The van der Waals surface area contributed by atoms with Crippen molar-refractivity contribution in [3.05, 3.63) is 86.3 Å². The summed E-state index contributed by atoms with van der Waals surface area (Å²) in [5, 5.41) is 2.56. The summed E-state index contributed by atoms with van der Waals surface area (Å²) in [6, 6.07) is 12.7. The Kier molecular flexibility index (Phi) is 7.23. The highest BCUT2D eigenvalue weighted by Gasteiger charge is 2.26. The maximum Gasteiger partial charge on any atom is 0.332 e. The van der Waals surface area contributed by atoms with Gasteiger partial charge < -0.3 is 16.8 Å². The second-order valence-electron chi connectivity index (χ2n) is 8.05. The van der Waals surface area contributed by atoms with Gasteiger partial charge in [0.15, 0.2) is 0 Å². The van der Waals surface area contributed by atoms with Gasteiger partial charge in [-0.3, -0.25) is 18.7 Å². The van der Waals surface area contributed by atoms with Crippen molar-refractivity contribution in [2.24, 2.45) is 5.92 Å². The number of benzene rings is 2. The van der Waals surface area contributed by atoms with E-state index in [0.29, 0.717) is 17.8 Å².